The van der Waals surface area contributed by atoms with Crippen molar-refractivity contribution < 1.29 is 19.1 Å². The first-order valence-electron chi connectivity index (χ1n) is 8.45. The molecule has 3 rings (SSSR count). The van der Waals surface area contributed by atoms with E-state index in [-0.39, 0.29) is 23.9 Å². The van der Waals surface area contributed by atoms with Crippen LogP contribution in [0.3, 0.4) is 0 Å². The number of ketones is 1. The number of ether oxygens (including phenoxy) is 1. The van der Waals surface area contributed by atoms with E-state index in [0.717, 1.165) is 0 Å². The number of Topliss-reactive ketones (excluding diaryl/α,β-unsaturated/α-hetero) is 1. The van der Waals surface area contributed by atoms with Crippen LogP contribution in [0.4, 0.5) is 5.69 Å². The Hall–Kier alpha value is -3.44. The van der Waals surface area contributed by atoms with Gasteiger partial charge in [0.25, 0.3) is 5.91 Å². The normalized spacial score (nSPS) is 10.2. The Kier molecular flexibility index (Phi) is 6.19. The lowest BCUT2D eigenvalue weighted by Gasteiger charge is -2.08. The number of benzene rings is 3. The summed E-state index contributed by atoms with van der Waals surface area (Å²) >= 11 is 5.82. The Balaban J connectivity index is 1.62. The van der Waals surface area contributed by atoms with E-state index in [9.17, 15) is 14.4 Å². The Morgan fingerprint density at radius 3 is 2.18 bits per heavy atom. The molecule has 0 aliphatic rings. The molecule has 0 aliphatic heterocycles. The maximum Gasteiger partial charge on any atom is 0.338 e. The van der Waals surface area contributed by atoms with Gasteiger partial charge in [0, 0.05) is 21.8 Å². The summed E-state index contributed by atoms with van der Waals surface area (Å²) in [5.41, 5.74) is 1.57. The third-order valence-corrected chi connectivity index (χ3v) is 4.14. The van der Waals surface area contributed by atoms with Crippen LogP contribution in [-0.4, -0.2) is 24.3 Å². The molecule has 0 bridgehead atoms. The molecule has 0 aromatic heterocycles. The minimum atomic E-state index is -0.646. The lowest BCUT2D eigenvalue weighted by atomic mass is 10.1. The van der Waals surface area contributed by atoms with Crippen molar-refractivity contribution in [1.82, 2.24) is 0 Å². The molecule has 0 atom stereocenters. The standard InChI is InChI=1S/C22H16ClNO4/c23-18-11-9-16(10-12-18)21(26)24-19-8-4-7-17(13-19)22(27)28-14-20(25)15-5-2-1-3-6-15/h1-13H,14H2,(H,24,26). The molecule has 0 fully saturated rings. The van der Waals surface area contributed by atoms with E-state index in [1.807, 2.05) is 0 Å². The highest BCUT2D eigenvalue weighted by Crippen LogP contribution is 2.15. The molecule has 5 nitrogen and oxygen atoms in total. The number of hydrogen-bond acceptors (Lipinski definition) is 4. The highest BCUT2D eigenvalue weighted by atomic mass is 35.5. The molecule has 140 valence electrons. The molecule has 0 heterocycles. The summed E-state index contributed by atoms with van der Waals surface area (Å²) in [4.78, 5) is 36.5. The van der Waals surface area contributed by atoms with E-state index in [1.54, 1.807) is 72.8 Å². The summed E-state index contributed by atoms with van der Waals surface area (Å²) in [6, 6.07) is 21.3. The van der Waals surface area contributed by atoms with Crippen LogP contribution in [0.15, 0.2) is 78.9 Å². The van der Waals surface area contributed by atoms with Crippen LogP contribution in [0.1, 0.15) is 31.1 Å². The van der Waals surface area contributed by atoms with Gasteiger partial charge in [0.05, 0.1) is 5.56 Å². The van der Waals surface area contributed by atoms with Crippen LogP contribution in [0, 0.1) is 0 Å². The Bertz CT molecular complexity index is 1000. The van der Waals surface area contributed by atoms with Crippen LogP contribution in [0.5, 0.6) is 0 Å². The molecule has 0 saturated carbocycles. The topological polar surface area (TPSA) is 72.5 Å². The Morgan fingerprint density at radius 1 is 0.786 bits per heavy atom. The van der Waals surface area contributed by atoms with Crippen LogP contribution in [0.25, 0.3) is 0 Å². The number of carbonyl (C=O) groups is 3. The van der Waals surface area contributed by atoms with E-state index in [4.69, 9.17) is 16.3 Å². The van der Waals surface area contributed by atoms with E-state index in [0.29, 0.717) is 21.8 Å². The number of halogens is 1. The van der Waals surface area contributed by atoms with Gasteiger partial charge in [-0.3, -0.25) is 9.59 Å². The van der Waals surface area contributed by atoms with Crippen molar-refractivity contribution in [2.75, 3.05) is 11.9 Å². The van der Waals surface area contributed by atoms with Crippen molar-refractivity contribution in [3.05, 3.63) is 101 Å². The molecule has 1 amide bonds. The lowest BCUT2D eigenvalue weighted by Crippen LogP contribution is -2.15. The molecular weight excluding hydrogens is 378 g/mol. The summed E-state index contributed by atoms with van der Waals surface area (Å²) in [5.74, 6) is -1.27. The molecule has 1 N–H and O–H groups in total. The van der Waals surface area contributed by atoms with Crippen LogP contribution < -0.4 is 5.32 Å². The zero-order valence-electron chi connectivity index (χ0n) is 14.7. The summed E-state index contributed by atoms with van der Waals surface area (Å²) in [6.45, 7) is -0.357. The number of hydrogen-bond donors (Lipinski definition) is 1. The largest absolute Gasteiger partial charge is 0.454 e. The molecular formula is C22H16ClNO4. The van der Waals surface area contributed by atoms with Gasteiger partial charge in [0.15, 0.2) is 12.4 Å². The van der Waals surface area contributed by atoms with E-state index in [2.05, 4.69) is 5.32 Å². The summed E-state index contributed by atoms with van der Waals surface area (Å²) in [5, 5.41) is 3.24. The predicted molar refractivity (Wildman–Crippen MR) is 107 cm³/mol. The maximum absolute atomic E-state index is 12.3. The van der Waals surface area contributed by atoms with Gasteiger partial charge in [0.1, 0.15) is 0 Å². The molecule has 3 aromatic carbocycles. The zero-order chi connectivity index (χ0) is 19.9. The smallest absolute Gasteiger partial charge is 0.338 e. The first kappa shape index (κ1) is 19.3. The summed E-state index contributed by atoms with van der Waals surface area (Å²) in [6.07, 6.45) is 0. The molecule has 0 unspecified atom stereocenters. The van der Waals surface area contributed by atoms with Crippen molar-refractivity contribution >= 4 is 34.9 Å². The summed E-state index contributed by atoms with van der Waals surface area (Å²) in [7, 11) is 0. The zero-order valence-corrected chi connectivity index (χ0v) is 15.5. The fourth-order valence-corrected chi connectivity index (χ4v) is 2.58. The monoisotopic (exact) mass is 393 g/mol. The SMILES string of the molecule is O=C(COC(=O)c1cccc(NC(=O)c2ccc(Cl)cc2)c1)c1ccccc1. The Morgan fingerprint density at radius 2 is 1.46 bits per heavy atom. The van der Waals surface area contributed by atoms with Gasteiger partial charge in [-0.1, -0.05) is 48.0 Å². The fraction of sp³-hybridized carbons (Fsp3) is 0.0455. The van der Waals surface area contributed by atoms with Gasteiger partial charge in [-0.2, -0.15) is 0 Å². The predicted octanol–water partition coefficient (Wildman–Crippen LogP) is 4.63. The second-order valence-electron chi connectivity index (χ2n) is 5.91. The van der Waals surface area contributed by atoms with Crippen molar-refractivity contribution in [2.24, 2.45) is 0 Å². The Labute approximate surface area is 166 Å². The number of anilines is 1. The molecule has 28 heavy (non-hydrogen) atoms. The highest BCUT2D eigenvalue weighted by Gasteiger charge is 2.13. The second-order valence-corrected chi connectivity index (χ2v) is 6.34. The second kappa shape index (κ2) is 8.97. The quantitative estimate of drug-likeness (QED) is 0.489. The highest BCUT2D eigenvalue weighted by molar-refractivity contribution is 6.30. The molecule has 0 aliphatic carbocycles. The molecule has 0 spiro atoms. The maximum atomic E-state index is 12.3. The molecule has 0 saturated heterocycles. The number of amides is 1. The average molecular weight is 394 g/mol. The van der Waals surface area contributed by atoms with Crippen LogP contribution in [0.2, 0.25) is 5.02 Å². The number of carbonyl (C=O) groups excluding carboxylic acids is 3. The van der Waals surface area contributed by atoms with Crippen molar-refractivity contribution in [3.8, 4) is 0 Å². The van der Waals surface area contributed by atoms with Crippen LogP contribution in [-0.2, 0) is 4.74 Å². The first-order valence-corrected chi connectivity index (χ1v) is 8.83. The molecule has 3 aromatic rings. The minimum absolute atomic E-state index is 0.231. The number of rotatable bonds is 6. The van der Waals surface area contributed by atoms with Gasteiger partial charge in [-0.15, -0.1) is 0 Å². The van der Waals surface area contributed by atoms with E-state index < -0.39 is 5.97 Å². The van der Waals surface area contributed by atoms with Crippen molar-refractivity contribution in [3.63, 3.8) is 0 Å². The average Bonchev–Trinajstić information content (AvgIpc) is 2.73. The van der Waals surface area contributed by atoms with E-state index in [1.165, 1.54) is 6.07 Å². The minimum Gasteiger partial charge on any atom is -0.454 e. The van der Waals surface area contributed by atoms with E-state index >= 15 is 0 Å². The molecule has 0 radical (unpaired) electrons. The van der Waals surface area contributed by atoms with Gasteiger partial charge in [-0.05, 0) is 42.5 Å². The lowest BCUT2D eigenvalue weighted by molar-refractivity contribution is 0.0474. The fourth-order valence-electron chi connectivity index (χ4n) is 2.45. The van der Waals surface area contributed by atoms with Crippen molar-refractivity contribution in [2.45, 2.75) is 0 Å². The van der Waals surface area contributed by atoms with Gasteiger partial charge >= 0.3 is 5.97 Å². The van der Waals surface area contributed by atoms with Crippen molar-refractivity contribution in [1.29, 1.82) is 0 Å². The summed E-state index contributed by atoms with van der Waals surface area (Å²) < 4.78 is 5.09. The number of esters is 1. The van der Waals surface area contributed by atoms with Gasteiger partial charge in [-0.25, -0.2) is 4.79 Å². The van der Waals surface area contributed by atoms with Gasteiger partial charge in [0.2, 0.25) is 0 Å². The number of nitrogens with one attached hydrogen (secondary N) is 1. The third-order valence-electron chi connectivity index (χ3n) is 3.89. The van der Waals surface area contributed by atoms with Gasteiger partial charge < -0.3 is 10.1 Å². The third kappa shape index (κ3) is 5.05. The van der Waals surface area contributed by atoms with Crippen LogP contribution >= 0.6 is 11.6 Å². The first-order chi connectivity index (χ1) is 13.5. The molecule has 6 heteroatoms.